The molecule has 0 aliphatic heterocycles. The summed E-state index contributed by atoms with van der Waals surface area (Å²) in [7, 11) is 1.68. The van der Waals surface area contributed by atoms with Crippen LogP contribution in [0.25, 0.3) is 0 Å². The van der Waals surface area contributed by atoms with E-state index < -0.39 is 11.9 Å². The molecule has 0 aliphatic carbocycles. The number of rotatable bonds is 2. The zero-order chi connectivity index (χ0) is 15.4. The summed E-state index contributed by atoms with van der Waals surface area (Å²) in [6.45, 7) is 0. The van der Waals surface area contributed by atoms with E-state index in [4.69, 9.17) is 23.2 Å². The van der Waals surface area contributed by atoms with Crippen molar-refractivity contribution in [2.75, 3.05) is 5.32 Å². The molecular weight excluding hydrogens is 317 g/mol. The van der Waals surface area contributed by atoms with Crippen LogP contribution in [0.2, 0.25) is 10.0 Å². The Bertz CT molecular complexity index is 686. The van der Waals surface area contributed by atoms with Gasteiger partial charge in [-0.1, -0.05) is 23.2 Å². The number of anilines is 1. The van der Waals surface area contributed by atoms with Gasteiger partial charge in [0.05, 0.1) is 10.0 Å². The van der Waals surface area contributed by atoms with Crippen LogP contribution in [0.15, 0.2) is 30.5 Å². The van der Waals surface area contributed by atoms with Crippen molar-refractivity contribution in [3.05, 3.63) is 46.2 Å². The number of nitrogens with one attached hydrogen (secondary N) is 3. The molecule has 0 saturated heterocycles. The number of hydrogen-bond acceptors (Lipinski definition) is 3. The lowest BCUT2D eigenvalue weighted by molar-refractivity contribution is 0.0932. The summed E-state index contributed by atoms with van der Waals surface area (Å²) in [6.07, 6.45) is 1.62. The van der Waals surface area contributed by atoms with Crippen LogP contribution >= 0.6 is 23.2 Å². The number of carbonyl (C=O) groups excluding carboxylic acids is 2. The maximum absolute atomic E-state index is 11.6. The molecule has 0 aliphatic rings. The van der Waals surface area contributed by atoms with Crippen molar-refractivity contribution < 1.29 is 9.59 Å². The zero-order valence-corrected chi connectivity index (χ0v) is 12.4. The van der Waals surface area contributed by atoms with Crippen LogP contribution in [0, 0.1) is 0 Å². The largest absolute Gasteiger partial charge is 0.337 e. The molecule has 1 aromatic heterocycles. The van der Waals surface area contributed by atoms with E-state index in [-0.39, 0.29) is 5.69 Å². The summed E-state index contributed by atoms with van der Waals surface area (Å²) in [4.78, 5) is 23.3. The Morgan fingerprint density at radius 1 is 1.14 bits per heavy atom. The van der Waals surface area contributed by atoms with Crippen molar-refractivity contribution in [3.8, 4) is 0 Å². The highest BCUT2D eigenvalue weighted by molar-refractivity contribution is 6.42. The molecule has 0 radical (unpaired) electrons. The molecule has 0 atom stereocenters. The van der Waals surface area contributed by atoms with Crippen molar-refractivity contribution in [3.63, 3.8) is 0 Å². The third-order valence-electron chi connectivity index (χ3n) is 2.41. The number of urea groups is 1. The number of nitrogens with zero attached hydrogens (tertiary/aromatic N) is 2. The predicted octanol–water partition coefficient (Wildman–Crippen LogP) is 2.19. The van der Waals surface area contributed by atoms with Gasteiger partial charge < -0.3 is 5.32 Å². The van der Waals surface area contributed by atoms with Gasteiger partial charge in [-0.05, 0) is 24.3 Å². The summed E-state index contributed by atoms with van der Waals surface area (Å²) in [6, 6.07) is 5.51. The highest BCUT2D eigenvalue weighted by Gasteiger charge is 2.10. The lowest BCUT2D eigenvalue weighted by Crippen LogP contribution is -2.44. The highest BCUT2D eigenvalue weighted by Crippen LogP contribution is 2.24. The average Bonchev–Trinajstić information content (AvgIpc) is 2.87. The lowest BCUT2D eigenvalue weighted by Gasteiger charge is -2.08. The molecule has 2 aromatic rings. The smallest absolute Gasteiger partial charge is 0.307 e. The number of amides is 3. The van der Waals surface area contributed by atoms with E-state index in [1.165, 1.54) is 16.8 Å². The monoisotopic (exact) mass is 327 g/mol. The van der Waals surface area contributed by atoms with Crippen LogP contribution in [0.4, 0.5) is 10.5 Å². The SMILES string of the molecule is Cn1ccc(C(=O)NNC(=O)Nc2ccc(Cl)c(Cl)c2)n1. The van der Waals surface area contributed by atoms with Gasteiger partial charge in [0.2, 0.25) is 0 Å². The summed E-state index contributed by atoms with van der Waals surface area (Å²) < 4.78 is 1.48. The molecule has 0 spiro atoms. The Kier molecular flexibility index (Phi) is 4.66. The molecule has 0 bridgehead atoms. The molecule has 0 saturated carbocycles. The quantitative estimate of drug-likeness (QED) is 0.739. The van der Waals surface area contributed by atoms with Crippen LogP contribution in [-0.2, 0) is 7.05 Å². The molecule has 0 unspecified atom stereocenters. The van der Waals surface area contributed by atoms with Crippen LogP contribution in [0.1, 0.15) is 10.5 Å². The van der Waals surface area contributed by atoms with Crippen molar-refractivity contribution in [2.24, 2.45) is 7.05 Å². The second-order valence-electron chi connectivity index (χ2n) is 4.04. The Hall–Kier alpha value is -2.25. The number of hydrazine groups is 1. The maximum Gasteiger partial charge on any atom is 0.337 e. The van der Waals surface area contributed by atoms with Gasteiger partial charge in [0.1, 0.15) is 0 Å². The lowest BCUT2D eigenvalue weighted by atomic mass is 10.3. The second kappa shape index (κ2) is 6.47. The Labute approximate surface area is 130 Å². The van der Waals surface area contributed by atoms with Gasteiger partial charge in [-0.15, -0.1) is 0 Å². The van der Waals surface area contributed by atoms with E-state index in [0.717, 1.165) is 0 Å². The average molecular weight is 328 g/mol. The fourth-order valence-corrected chi connectivity index (χ4v) is 1.75. The van der Waals surface area contributed by atoms with Gasteiger partial charge in [-0.2, -0.15) is 5.10 Å². The Balaban J connectivity index is 1.87. The molecule has 3 N–H and O–H groups in total. The van der Waals surface area contributed by atoms with E-state index in [9.17, 15) is 9.59 Å². The van der Waals surface area contributed by atoms with Gasteiger partial charge >= 0.3 is 6.03 Å². The number of benzene rings is 1. The van der Waals surface area contributed by atoms with Crippen LogP contribution in [0.3, 0.4) is 0 Å². The molecule has 9 heteroatoms. The van der Waals surface area contributed by atoms with Crippen LogP contribution in [-0.4, -0.2) is 21.7 Å². The highest BCUT2D eigenvalue weighted by atomic mass is 35.5. The Morgan fingerprint density at radius 3 is 2.52 bits per heavy atom. The second-order valence-corrected chi connectivity index (χ2v) is 4.85. The fourth-order valence-electron chi connectivity index (χ4n) is 1.45. The minimum Gasteiger partial charge on any atom is -0.307 e. The minimum atomic E-state index is -0.627. The van der Waals surface area contributed by atoms with Crippen LogP contribution in [0.5, 0.6) is 0 Å². The normalized spacial score (nSPS) is 10.0. The molecule has 0 fully saturated rings. The van der Waals surface area contributed by atoms with E-state index in [1.54, 1.807) is 25.4 Å². The first-order chi connectivity index (χ1) is 9.95. The van der Waals surface area contributed by atoms with E-state index in [0.29, 0.717) is 15.7 Å². The number of carbonyl (C=O) groups is 2. The zero-order valence-electron chi connectivity index (χ0n) is 10.9. The summed E-state index contributed by atoms with van der Waals surface area (Å²) in [5, 5.41) is 7.08. The van der Waals surface area contributed by atoms with Crippen LogP contribution < -0.4 is 16.2 Å². The topological polar surface area (TPSA) is 88.0 Å². The molecule has 21 heavy (non-hydrogen) atoms. The number of hydrogen-bond donors (Lipinski definition) is 3. The number of halogens is 2. The van der Waals surface area contributed by atoms with E-state index in [1.807, 2.05) is 0 Å². The van der Waals surface area contributed by atoms with Gasteiger partial charge in [0, 0.05) is 18.9 Å². The maximum atomic E-state index is 11.6. The van der Waals surface area contributed by atoms with Crippen molar-refractivity contribution in [1.82, 2.24) is 20.6 Å². The Morgan fingerprint density at radius 2 is 1.90 bits per heavy atom. The number of aromatic nitrogens is 2. The molecule has 3 amide bonds. The van der Waals surface area contributed by atoms with Crippen molar-refractivity contribution in [2.45, 2.75) is 0 Å². The van der Waals surface area contributed by atoms with Gasteiger partial charge in [-0.3, -0.25) is 14.9 Å². The van der Waals surface area contributed by atoms with Crippen molar-refractivity contribution >= 4 is 40.8 Å². The number of aryl methyl sites for hydroxylation is 1. The van der Waals surface area contributed by atoms with Gasteiger partial charge in [-0.25, -0.2) is 10.2 Å². The molecular formula is C12H11Cl2N5O2. The van der Waals surface area contributed by atoms with Crippen molar-refractivity contribution in [1.29, 1.82) is 0 Å². The standard InChI is InChI=1S/C12H11Cl2N5O2/c1-19-5-4-10(18-19)11(20)16-17-12(21)15-7-2-3-8(13)9(14)6-7/h2-6H,1H3,(H,16,20)(H2,15,17,21). The van der Waals surface area contributed by atoms with E-state index in [2.05, 4.69) is 21.3 Å². The predicted molar refractivity (Wildman–Crippen MR) is 79.3 cm³/mol. The first kappa shape index (κ1) is 15.1. The van der Waals surface area contributed by atoms with Gasteiger partial charge in [0.15, 0.2) is 5.69 Å². The first-order valence-electron chi connectivity index (χ1n) is 5.78. The summed E-state index contributed by atoms with van der Waals surface area (Å²) in [5.74, 6) is -0.528. The first-order valence-corrected chi connectivity index (χ1v) is 6.53. The van der Waals surface area contributed by atoms with Gasteiger partial charge in [0.25, 0.3) is 5.91 Å². The molecule has 110 valence electrons. The summed E-state index contributed by atoms with van der Waals surface area (Å²) >= 11 is 11.6. The van der Waals surface area contributed by atoms with E-state index >= 15 is 0 Å². The minimum absolute atomic E-state index is 0.187. The molecule has 2 rings (SSSR count). The third kappa shape index (κ3) is 4.11. The fraction of sp³-hybridized carbons (Fsp3) is 0.0833. The molecule has 1 aromatic carbocycles. The molecule has 7 nitrogen and oxygen atoms in total. The third-order valence-corrected chi connectivity index (χ3v) is 3.15. The molecule has 1 heterocycles. The summed E-state index contributed by atoms with van der Waals surface area (Å²) in [5.41, 5.74) is 5.05.